The first-order valence-electron chi connectivity index (χ1n) is 9.84. The minimum atomic E-state index is 0.694. The topological polar surface area (TPSA) is 3.88 Å². The number of nitrogens with zero attached hydrogens (tertiary/aromatic N) is 1. The van der Waals surface area contributed by atoms with Gasteiger partial charge in [-0.05, 0) is 6.42 Å². The first-order valence-corrected chi connectivity index (χ1v) is 9.84. The van der Waals surface area contributed by atoms with Crippen LogP contribution in [0.2, 0.25) is 0 Å². The maximum absolute atomic E-state index is 2.39. The lowest BCUT2D eigenvalue weighted by molar-refractivity contribution is -0.724. The van der Waals surface area contributed by atoms with E-state index in [0.717, 1.165) is 0 Å². The minimum Gasteiger partial charge on any atom is -0.202 e. The van der Waals surface area contributed by atoms with Gasteiger partial charge in [0.15, 0.2) is 18.4 Å². The fourth-order valence-corrected chi connectivity index (χ4v) is 3.26. The van der Waals surface area contributed by atoms with Crippen LogP contribution in [0.25, 0.3) is 0 Å². The van der Waals surface area contributed by atoms with E-state index >= 15 is 0 Å². The Morgan fingerprint density at radius 1 is 0.636 bits per heavy atom. The van der Waals surface area contributed by atoms with Crippen LogP contribution in [0, 0.1) is 0 Å². The molecule has 0 aliphatic rings. The van der Waals surface area contributed by atoms with Gasteiger partial charge in [-0.3, -0.25) is 0 Å². The molecule has 0 spiro atoms. The number of hydrogen-bond acceptors (Lipinski definition) is 0. The highest BCUT2D eigenvalue weighted by atomic mass is 15.0. The molecule has 1 rings (SSSR count). The largest absolute Gasteiger partial charge is 0.202 e. The predicted molar refractivity (Wildman–Crippen MR) is 97.0 cm³/mol. The van der Waals surface area contributed by atoms with Crippen LogP contribution in [0.3, 0.4) is 0 Å². The molecule has 1 nitrogen and oxygen atoms in total. The molecule has 0 radical (unpaired) electrons. The van der Waals surface area contributed by atoms with Crippen molar-refractivity contribution in [1.29, 1.82) is 0 Å². The van der Waals surface area contributed by atoms with E-state index in [2.05, 4.69) is 49.0 Å². The Kier molecular flexibility index (Phi) is 12.0. The van der Waals surface area contributed by atoms with Crippen molar-refractivity contribution in [2.75, 3.05) is 0 Å². The summed E-state index contributed by atoms with van der Waals surface area (Å²) in [6, 6.07) is 7.08. The van der Waals surface area contributed by atoms with Crippen molar-refractivity contribution >= 4 is 0 Å². The average molecular weight is 305 g/mol. The smallest absolute Gasteiger partial charge is 0.169 e. The normalized spacial score (nSPS) is 12.5. The van der Waals surface area contributed by atoms with Crippen LogP contribution < -0.4 is 4.57 Å². The zero-order chi connectivity index (χ0) is 15.9. The van der Waals surface area contributed by atoms with Crippen molar-refractivity contribution in [2.24, 2.45) is 0 Å². The lowest BCUT2D eigenvalue weighted by Gasteiger charge is -2.10. The van der Waals surface area contributed by atoms with E-state index in [1.54, 1.807) is 0 Å². The van der Waals surface area contributed by atoms with Crippen molar-refractivity contribution in [1.82, 2.24) is 0 Å². The highest BCUT2D eigenvalue weighted by molar-refractivity contribution is 4.84. The molecular formula is C21H38N+. The van der Waals surface area contributed by atoms with Crippen LogP contribution in [0.15, 0.2) is 30.6 Å². The van der Waals surface area contributed by atoms with Gasteiger partial charge in [-0.15, -0.1) is 0 Å². The lowest BCUT2D eigenvalue weighted by Crippen LogP contribution is -2.38. The van der Waals surface area contributed by atoms with Crippen LogP contribution in [0.4, 0.5) is 0 Å². The van der Waals surface area contributed by atoms with Crippen LogP contribution in [-0.2, 0) is 0 Å². The van der Waals surface area contributed by atoms with Crippen LogP contribution >= 0.6 is 0 Å². The van der Waals surface area contributed by atoms with Gasteiger partial charge in [-0.25, -0.2) is 4.57 Å². The van der Waals surface area contributed by atoms with Crippen molar-refractivity contribution < 1.29 is 4.57 Å². The second-order valence-corrected chi connectivity index (χ2v) is 6.71. The molecule has 0 saturated carbocycles. The second-order valence-electron chi connectivity index (χ2n) is 6.71. The molecule has 126 valence electrons. The zero-order valence-corrected chi connectivity index (χ0v) is 15.1. The van der Waals surface area contributed by atoms with E-state index in [9.17, 15) is 0 Å². The van der Waals surface area contributed by atoms with Gasteiger partial charge in [0, 0.05) is 25.0 Å². The summed E-state index contributed by atoms with van der Waals surface area (Å²) in [6.45, 7) is 4.60. The molecule has 1 atom stereocenters. The summed E-state index contributed by atoms with van der Waals surface area (Å²) in [4.78, 5) is 0. The van der Waals surface area contributed by atoms with E-state index < -0.39 is 0 Å². The molecule has 1 aromatic heterocycles. The standard InChI is InChI=1S/C21H38N/c1-3-5-6-7-8-9-10-11-12-13-15-18-21(4-2)22-19-16-14-17-20-22/h14,16-17,19-21H,3-13,15,18H2,1-2H3/q+1. The summed E-state index contributed by atoms with van der Waals surface area (Å²) in [5.74, 6) is 0. The number of hydrogen-bond donors (Lipinski definition) is 0. The summed E-state index contributed by atoms with van der Waals surface area (Å²) in [7, 11) is 0. The van der Waals surface area contributed by atoms with Crippen molar-refractivity contribution in [3.05, 3.63) is 30.6 Å². The van der Waals surface area contributed by atoms with Gasteiger partial charge in [-0.1, -0.05) is 84.1 Å². The van der Waals surface area contributed by atoms with Gasteiger partial charge in [-0.2, -0.15) is 0 Å². The van der Waals surface area contributed by atoms with Crippen LogP contribution in [0.5, 0.6) is 0 Å². The maximum atomic E-state index is 2.39. The molecule has 0 saturated heterocycles. The second kappa shape index (κ2) is 13.8. The quantitative estimate of drug-likeness (QED) is 0.268. The Balaban J connectivity index is 1.94. The first-order chi connectivity index (χ1) is 10.9. The summed E-state index contributed by atoms with van der Waals surface area (Å²) >= 11 is 0. The SMILES string of the molecule is CCCCCCCCCCCCCC(CC)[n+]1ccccc1. The van der Waals surface area contributed by atoms with E-state index in [1.807, 2.05) is 0 Å². The number of pyridine rings is 1. The van der Waals surface area contributed by atoms with Gasteiger partial charge >= 0.3 is 0 Å². The molecular weight excluding hydrogens is 266 g/mol. The van der Waals surface area contributed by atoms with Gasteiger partial charge < -0.3 is 0 Å². The van der Waals surface area contributed by atoms with E-state index in [4.69, 9.17) is 0 Å². The molecule has 22 heavy (non-hydrogen) atoms. The number of unbranched alkanes of at least 4 members (excludes halogenated alkanes) is 10. The summed E-state index contributed by atoms with van der Waals surface area (Å²) < 4.78 is 2.39. The summed E-state index contributed by atoms with van der Waals surface area (Å²) in [5, 5.41) is 0. The Bertz CT molecular complexity index is 333. The molecule has 1 heterocycles. The van der Waals surface area contributed by atoms with Crippen molar-refractivity contribution in [2.45, 2.75) is 103 Å². The summed E-state index contributed by atoms with van der Waals surface area (Å²) in [5.41, 5.74) is 0. The predicted octanol–water partition coefficient (Wildman–Crippen LogP) is 6.63. The fourth-order valence-electron chi connectivity index (χ4n) is 3.26. The average Bonchev–Trinajstić information content (AvgIpc) is 2.57. The molecule has 1 aromatic rings. The Morgan fingerprint density at radius 3 is 1.64 bits per heavy atom. The third kappa shape index (κ3) is 9.23. The van der Waals surface area contributed by atoms with E-state index in [1.165, 1.54) is 83.5 Å². The van der Waals surface area contributed by atoms with Crippen LogP contribution in [0.1, 0.15) is 103 Å². The third-order valence-electron chi connectivity index (χ3n) is 4.77. The molecule has 1 heteroatoms. The molecule has 0 aliphatic carbocycles. The highest BCUT2D eigenvalue weighted by Crippen LogP contribution is 2.16. The zero-order valence-electron chi connectivity index (χ0n) is 15.1. The molecule has 0 N–H and O–H groups in total. The van der Waals surface area contributed by atoms with Gasteiger partial charge in [0.2, 0.25) is 0 Å². The number of aromatic nitrogens is 1. The van der Waals surface area contributed by atoms with Crippen molar-refractivity contribution in [3.63, 3.8) is 0 Å². The minimum absolute atomic E-state index is 0.694. The van der Waals surface area contributed by atoms with Gasteiger partial charge in [0.1, 0.15) is 0 Å². The third-order valence-corrected chi connectivity index (χ3v) is 4.77. The molecule has 0 aliphatic heterocycles. The van der Waals surface area contributed by atoms with E-state index in [0.29, 0.717) is 6.04 Å². The first kappa shape index (κ1) is 19.2. The van der Waals surface area contributed by atoms with Gasteiger partial charge in [0.25, 0.3) is 0 Å². The molecule has 1 unspecified atom stereocenters. The molecule has 0 bridgehead atoms. The highest BCUT2D eigenvalue weighted by Gasteiger charge is 2.14. The van der Waals surface area contributed by atoms with Crippen LogP contribution in [-0.4, -0.2) is 0 Å². The van der Waals surface area contributed by atoms with E-state index in [-0.39, 0.29) is 0 Å². The lowest BCUT2D eigenvalue weighted by atomic mass is 10.0. The monoisotopic (exact) mass is 304 g/mol. The molecule has 0 fully saturated rings. The Hall–Kier alpha value is -0.850. The summed E-state index contributed by atoms with van der Waals surface area (Å²) in [6.07, 6.45) is 22.8. The fraction of sp³-hybridized carbons (Fsp3) is 0.762. The maximum Gasteiger partial charge on any atom is 0.169 e. The Labute approximate surface area is 139 Å². The Morgan fingerprint density at radius 2 is 1.14 bits per heavy atom. The van der Waals surface area contributed by atoms with Crippen molar-refractivity contribution in [3.8, 4) is 0 Å². The van der Waals surface area contributed by atoms with Gasteiger partial charge in [0.05, 0.1) is 0 Å². The molecule has 0 amide bonds. The number of rotatable bonds is 14. The molecule has 0 aromatic carbocycles.